The van der Waals surface area contributed by atoms with Crippen LogP contribution in [0.15, 0.2) is 66.4 Å². The third-order valence-electron chi connectivity index (χ3n) is 7.50. The highest BCUT2D eigenvalue weighted by Crippen LogP contribution is 2.33. The summed E-state index contributed by atoms with van der Waals surface area (Å²) in [5, 5.41) is 3.28. The molecule has 2 heterocycles. The summed E-state index contributed by atoms with van der Waals surface area (Å²) >= 11 is 0. The standard InChI is InChI=1S/C32H45N3O.C2H6/c1-4-10-30(34-18-6-7-19-34)25-36-31-15-9-14-29(23-31)32(11-5-2)35-20-16-27(17-21-35)28-13-8-12-26(22-28)24-33-3;1-2/h8-15,22-23,27,33H,4-7,16-21,24-25H2,1-3H3;1-2H3/b30-10-,32-11+;. The van der Waals surface area contributed by atoms with Gasteiger partial charge in [0.05, 0.1) is 0 Å². The maximum Gasteiger partial charge on any atom is 0.128 e. The van der Waals surface area contributed by atoms with Crippen LogP contribution in [0, 0.1) is 0 Å². The molecule has 0 aromatic heterocycles. The molecule has 2 fully saturated rings. The monoisotopic (exact) mass is 517 g/mol. The predicted molar refractivity (Wildman–Crippen MR) is 163 cm³/mol. The molecule has 0 spiro atoms. The first-order valence-corrected chi connectivity index (χ1v) is 15.1. The SMILES string of the molecule is CC.CC/C=C(/COc1cccc(/C(=C\CC)N2CCC(c3cccc(CNC)c3)CC2)c1)N1CCCC1. The smallest absolute Gasteiger partial charge is 0.128 e. The number of benzene rings is 2. The molecule has 1 N–H and O–H groups in total. The summed E-state index contributed by atoms with van der Waals surface area (Å²) in [6.45, 7) is 14.5. The van der Waals surface area contributed by atoms with Crippen LogP contribution in [0.3, 0.4) is 0 Å². The van der Waals surface area contributed by atoms with Gasteiger partial charge in [0.1, 0.15) is 12.4 Å². The van der Waals surface area contributed by atoms with Crippen molar-refractivity contribution in [2.75, 3.05) is 39.8 Å². The van der Waals surface area contributed by atoms with Gasteiger partial charge >= 0.3 is 0 Å². The lowest BCUT2D eigenvalue weighted by Gasteiger charge is -2.36. The summed E-state index contributed by atoms with van der Waals surface area (Å²) in [6.07, 6.45) is 11.8. The number of rotatable bonds is 11. The molecule has 4 nitrogen and oxygen atoms in total. The van der Waals surface area contributed by atoms with Crippen LogP contribution in [0.4, 0.5) is 0 Å². The van der Waals surface area contributed by atoms with E-state index < -0.39 is 0 Å². The highest BCUT2D eigenvalue weighted by Gasteiger charge is 2.23. The predicted octanol–water partition coefficient (Wildman–Crippen LogP) is 7.83. The first-order chi connectivity index (χ1) is 18.7. The second-order valence-corrected chi connectivity index (χ2v) is 10.1. The van der Waals surface area contributed by atoms with Crippen molar-refractivity contribution in [3.05, 3.63) is 83.1 Å². The molecule has 4 rings (SSSR count). The van der Waals surface area contributed by atoms with Crippen LogP contribution in [0.5, 0.6) is 5.75 Å². The molecular formula is C34H51N3O. The minimum Gasteiger partial charge on any atom is -0.487 e. The van der Waals surface area contributed by atoms with E-state index in [2.05, 4.69) is 89.6 Å². The Hall–Kier alpha value is -2.72. The van der Waals surface area contributed by atoms with Gasteiger partial charge in [0.15, 0.2) is 0 Å². The van der Waals surface area contributed by atoms with E-state index in [9.17, 15) is 0 Å². The van der Waals surface area contributed by atoms with Crippen molar-refractivity contribution < 1.29 is 4.74 Å². The number of allylic oxidation sites excluding steroid dienone is 2. The van der Waals surface area contributed by atoms with Gasteiger partial charge in [0, 0.05) is 49.7 Å². The fourth-order valence-electron chi connectivity index (χ4n) is 5.66. The summed E-state index contributed by atoms with van der Waals surface area (Å²) in [4.78, 5) is 5.08. The zero-order valence-electron chi connectivity index (χ0n) is 24.6. The van der Waals surface area contributed by atoms with Gasteiger partial charge in [-0.3, -0.25) is 0 Å². The second-order valence-electron chi connectivity index (χ2n) is 10.1. The summed E-state index contributed by atoms with van der Waals surface area (Å²) in [5.41, 5.74) is 6.83. The van der Waals surface area contributed by atoms with Crippen molar-refractivity contribution >= 4 is 5.70 Å². The van der Waals surface area contributed by atoms with Crippen molar-refractivity contribution in [2.24, 2.45) is 0 Å². The molecule has 2 aromatic rings. The number of likely N-dealkylation sites (tertiary alicyclic amines) is 2. The third-order valence-corrected chi connectivity index (χ3v) is 7.50. The Bertz CT molecular complexity index is 1010. The van der Waals surface area contributed by atoms with Crippen LogP contribution < -0.4 is 10.1 Å². The fourth-order valence-corrected chi connectivity index (χ4v) is 5.66. The Morgan fingerprint density at radius 1 is 0.895 bits per heavy atom. The van der Waals surface area contributed by atoms with Gasteiger partial charge in [-0.25, -0.2) is 0 Å². The molecule has 2 aromatic carbocycles. The summed E-state index contributed by atoms with van der Waals surface area (Å²) in [5.74, 6) is 1.61. The van der Waals surface area contributed by atoms with Crippen molar-refractivity contribution in [3.8, 4) is 5.75 Å². The maximum absolute atomic E-state index is 6.33. The average Bonchev–Trinajstić information content (AvgIpc) is 3.51. The zero-order chi connectivity index (χ0) is 27.2. The Balaban J connectivity index is 0.00000195. The first-order valence-electron chi connectivity index (χ1n) is 15.1. The van der Waals surface area contributed by atoms with Gasteiger partial charge in [-0.15, -0.1) is 0 Å². The summed E-state index contributed by atoms with van der Waals surface area (Å²) in [7, 11) is 2.02. The fraction of sp³-hybridized carbons (Fsp3) is 0.529. The van der Waals surface area contributed by atoms with Crippen molar-refractivity contribution in [2.45, 2.75) is 78.7 Å². The quantitative estimate of drug-likeness (QED) is 0.329. The Labute approximate surface area is 232 Å². The lowest BCUT2D eigenvalue weighted by molar-refractivity contribution is 0.289. The number of nitrogens with zero attached hydrogens (tertiary/aromatic N) is 2. The Morgan fingerprint density at radius 2 is 1.61 bits per heavy atom. The van der Waals surface area contributed by atoms with E-state index in [1.807, 2.05) is 20.9 Å². The zero-order valence-corrected chi connectivity index (χ0v) is 24.6. The second kappa shape index (κ2) is 16.3. The van der Waals surface area contributed by atoms with E-state index in [-0.39, 0.29) is 0 Å². The highest BCUT2D eigenvalue weighted by molar-refractivity contribution is 5.65. The van der Waals surface area contributed by atoms with Gasteiger partial charge in [-0.05, 0) is 74.8 Å². The molecule has 4 heteroatoms. The van der Waals surface area contributed by atoms with E-state index in [0.29, 0.717) is 12.5 Å². The van der Waals surface area contributed by atoms with E-state index >= 15 is 0 Å². The molecule has 0 aliphatic carbocycles. The molecule has 0 radical (unpaired) electrons. The molecule has 0 amide bonds. The van der Waals surface area contributed by atoms with E-state index in [1.165, 1.54) is 53.8 Å². The van der Waals surface area contributed by atoms with E-state index in [0.717, 1.165) is 51.3 Å². The largest absolute Gasteiger partial charge is 0.487 e. The van der Waals surface area contributed by atoms with E-state index in [4.69, 9.17) is 4.74 Å². The molecule has 38 heavy (non-hydrogen) atoms. The highest BCUT2D eigenvalue weighted by atomic mass is 16.5. The number of hydrogen-bond acceptors (Lipinski definition) is 4. The van der Waals surface area contributed by atoms with Crippen molar-refractivity contribution in [1.29, 1.82) is 0 Å². The molecule has 0 saturated carbocycles. The van der Waals surface area contributed by atoms with Gasteiger partial charge in [-0.1, -0.05) is 76.2 Å². The third kappa shape index (κ3) is 8.39. The minimum absolute atomic E-state index is 0.643. The molecular weight excluding hydrogens is 466 g/mol. The molecule has 2 saturated heterocycles. The van der Waals surface area contributed by atoms with Crippen LogP contribution in [0.2, 0.25) is 0 Å². The lowest BCUT2D eigenvalue weighted by Crippen LogP contribution is -2.31. The van der Waals surface area contributed by atoms with Crippen molar-refractivity contribution in [1.82, 2.24) is 15.1 Å². The van der Waals surface area contributed by atoms with Crippen LogP contribution in [0.1, 0.15) is 88.8 Å². The van der Waals surface area contributed by atoms with Crippen molar-refractivity contribution in [3.63, 3.8) is 0 Å². The Kier molecular flexibility index (Phi) is 12.8. The number of nitrogens with one attached hydrogen (secondary N) is 1. The minimum atomic E-state index is 0.643. The van der Waals surface area contributed by atoms with Crippen LogP contribution in [-0.2, 0) is 6.54 Å². The lowest BCUT2D eigenvalue weighted by atomic mass is 9.88. The number of piperidine rings is 1. The molecule has 2 aliphatic heterocycles. The summed E-state index contributed by atoms with van der Waals surface area (Å²) < 4.78 is 6.33. The van der Waals surface area contributed by atoms with Gasteiger partial charge in [0.2, 0.25) is 0 Å². The normalized spacial score (nSPS) is 16.9. The molecule has 0 atom stereocenters. The molecule has 0 bridgehead atoms. The first kappa shape index (κ1) is 29.8. The number of hydrogen-bond donors (Lipinski definition) is 1. The topological polar surface area (TPSA) is 27.7 Å². The molecule has 0 unspecified atom stereocenters. The number of ether oxygens (including phenoxy) is 1. The van der Waals surface area contributed by atoms with Crippen LogP contribution >= 0.6 is 0 Å². The van der Waals surface area contributed by atoms with Crippen LogP contribution in [-0.4, -0.2) is 49.6 Å². The maximum atomic E-state index is 6.33. The molecule has 208 valence electrons. The Morgan fingerprint density at radius 3 is 2.29 bits per heavy atom. The van der Waals surface area contributed by atoms with Gasteiger partial charge < -0.3 is 19.9 Å². The average molecular weight is 518 g/mol. The molecule has 2 aliphatic rings. The summed E-state index contributed by atoms with van der Waals surface area (Å²) in [6, 6.07) is 17.9. The van der Waals surface area contributed by atoms with Gasteiger partial charge in [0.25, 0.3) is 0 Å². The van der Waals surface area contributed by atoms with Crippen LogP contribution in [0.25, 0.3) is 5.70 Å². The van der Waals surface area contributed by atoms with Gasteiger partial charge in [-0.2, -0.15) is 0 Å². The van der Waals surface area contributed by atoms with E-state index in [1.54, 1.807) is 0 Å².